The summed E-state index contributed by atoms with van der Waals surface area (Å²) in [5, 5.41) is 6.56. The first-order valence-corrected chi connectivity index (χ1v) is 6.98. The minimum absolute atomic E-state index is 0. The SMILES string of the molecule is I.c1ccc(Cn2ccnc2CNC2=NCCCN2)cc1. The second-order valence-electron chi connectivity index (χ2n) is 4.82. The molecule has 21 heavy (non-hydrogen) atoms. The molecule has 0 radical (unpaired) electrons. The number of guanidine groups is 1. The Balaban J connectivity index is 0.00000161. The number of aromatic nitrogens is 2. The molecule has 0 bridgehead atoms. The summed E-state index contributed by atoms with van der Waals surface area (Å²) in [4.78, 5) is 8.81. The van der Waals surface area contributed by atoms with Gasteiger partial charge in [-0.3, -0.25) is 4.99 Å². The molecule has 2 aromatic rings. The highest BCUT2D eigenvalue weighted by Gasteiger charge is 2.06. The Morgan fingerprint density at radius 1 is 1.24 bits per heavy atom. The predicted molar refractivity (Wildman–Crippen MR) is 94.9 cm³/mol. The van der Waals surface area contributed by atoms with Gasteiger partial charge in [-0.1, -0.05) is 30.3 Å². The van der Waals surface area contributed by atoms with Gasteiger partial charge >= 0.3 is 0 Å². The number of nitrogens with one attached hydrogen (secondary N) is 2. The van der Waals surface area contributed by atoms with Crippen LogP contribution in [0.2, 0.25) is 0 Å². The average Bonchev–Trinajstić information content (AvgIpc) is 2.94. The molecule has 112 valence electrons. The van der Waals surface area contributed by atoms with Crippen LogP contribution in [0.3, 0.4) is 0 Å². The lowest BCUT2D eigenvalue weighted by Gasteiger charge is -2.16. The van der Waals surface area contributed by atoms with Crippen molar-refractivity contribution in [3.63, 3.8) is 0 Å². The van der Waals surface area contributed by atoms with Crippen LogP contribution in [-0.4, -0.2) is 28.6 Å². The number of hydrogen-bond donors (Lipinski definition) is 2. The fourth-order valence-corrected chi connectivity index (χ4v) is 2.25. The summed E-state index contributed by atoms with van der Waals surface area (Å²) >= 11 is 0. The molecule has 1 aromatic carbocycles. The Bertz CT molecular complexity index is 579. The van der Waals surface area contributed by atoms with E-state index in [2.05, 4.69) is 49.4 Å². The maximum Gasteiger partial charge on any atom is 0.191 e. The highest BCUT2D eigenvalue weighted by Crippen LogP contribution is 2.05. The molecule has 0 aliphatic carbocycles. The number of aliphatic imine (C=N–C) groups is 1. The molecule has 0 atom stereocenters. The quantitative estimate of drug-likeness (QED) is 0.777. The van der Waals surface area contributed by atoms with Gasteiger partial charge in [0.2, 0.25) is 0 Å². The largest absolute Gasteiger partial charge is 0.356 e. The number of rotatable bonds is 4. The van der Waals surface area contributed by atoms with E-state index in [1.807, 2.05) is 18.5 Å². The van der Waals surface area contributed by atoms with Gasteiger partial charge in [0.25, 0.3) is 0 Å². The number of benzene rings is 1. The third kappa shape index (κ3) is 4.45. The lowest BCUT2D eigenvalue weighted by atomic mass is 10.2. The molecule has 6 heteroatoms. The van der Waals surface area contributed by atoms with E-state index >= 15 is 0 Å². The Morgan fingerprint density at radius 2 is 2.10 bits per heavy atom. The van der Waals surface area contributed by atoms with Gasteiger partial charge < -0.3 is 15.2 Å². The first-order valence-electron chi connectivity index (χ1n) is 6.98. The van der Waals surface area contributed by atoms with Crippen molar-refractivity contribution in [3.8, 4) is 0 Å². The molecule has 5 nitrogen and oxygen atoms in total. The van der Waals surface area contributed by atoms with Crippen molar-refractivity contribution in [2.75, 3.05) is 13.1 Å². The molecular weight excluding hydrogens is 377 g/mol. The van der Waals surface area contributed by atoms with E-state index in [1.165, 1.54) is 5.56 Å². The molecule has 1 aromatic heterocycles. The molecule has 1 aliphatic heterocycles. The lowest BCUT2D eigenvalue weighted by molar-refractivity contribution is 0.664. The maximum atomic E-state index is 4.41. The standard InChI is InChI=1S/C15H19N5.HI/c1-2-5-13(6-3-1)12-20-10-9-16-14(20)11-19-15-17-7-4-8-18-15;/h1-3,5-6,9-10H,4,7-8,11-12H2,(H2,17,18,19);1H. The minimum Gasteiger partial charge on any atom is -0.356 e. The van der Waals surface area contributed by atoms with Crippen LogP contribution in [0.4, 0.5) is 0 Å². The van der Waals surface area contributed by atoms with E-state index in [-0.39, 0.29) is 24.0 Å². The molecule has 1 aliphatic rings. The summed E-state index contributed by atoms with van der Waals surface area (Å²) in [5.74, 6) is 1.90. The van der Waals surface area contributed by atoms with Crippen LogP contribution in [0.5, 0.6) is 0 Å². The molecule has 0 unspecified atom stereocenters. The van der Waals surface area contributed by atoms with Gasteiger partial charge in [-0.15, -0.1) is 24.0 Å². The van der Waals surface area contributed by atoms with Crippen molar-refractivity contribution in [2.45, 2.75) is 19.5 Å². The lowest BCUT2D eigenvalue weighted by Crippen LogP contribution is -2.40. The van der Waals surface area contributed by atoms with Crippen LogP contribution >= 0.6 is 24.0 Å². The van der Waals surface area contributed by atoms with Crippen LogP contribution in [0.1, 0.15) is 17.8 Å². The zero-order chi connectivity index (χ0) is 13.6. The van der Waals surface area contributed by atoms with Crippen LogP contribution in [0.25, 0.3) is 0 Å². The van der Waals surface area contributed by atoms with Gasteiger partial charge in [-0.05, 0) is 12.0 Å². The highest BCUT2D eigenvalue weighted by atomic mass is 127. The van der Waals surface area contributed by atoms with E-state index in [4.69, 9.17) is 0 Å². The van der Waals surface area contributed by atoms with Gasteiger partial charge in [-0.25, -0.2) is 4.98 Å². The first kappa shape index (κ1) is 15.8. The molecule has 3 rings (SSSR count). The molecule has 0 saturated heterocycles. The number of halogens is 1. The summed E-state index contributed by atoms with van der Waals surface area (Å²) < 4.78 is 2.16. The third-order valence-corrected chi connectivity index (χ3v) is 3.31. The van der Waals surface area contributed by atoms with Gasteiger partial charge in [0.15, 0.2) is 5.96 Å². The van der Waals surface area contributed by atoms with Gasteiger partial charge in [0, 0.05) is 32.0 Å². The van der Waals surface area contributed by atoms with Gasteiger partial charge in [-0.2, -0.15) is 0 Å². The molecule has 2 heterocycles. The third-order valence-electron chi connectivity index (χ3n) is 3.31. The summed E-state index contributed by atoms with van der Waals surface area (Å²) in [6, 6.07) is 10.4. The van der Waals surface area contributed by atoms with Crippen molar-refractivity contribution in [1.29, 1.82) is 0 Å². The summed E-state index contributed by atoms with van der Waals surface area (Å²) in [5.41, 5.74) is 1.28. The van der Waals surface area contributed by atoms with E-state index in [9.17, 15) is 0 Å². The van der Waals surface area contributed by atoms with Crippen LogP contribution in [0.15, 0.2) is 47.7 Å². The fourth-order valence-electron chi connectivity index (χ4n) is 2.25. The van der Waals surface area contributed by atoms with Gasteiger partial charge in [0.1, 0.15) is 5.82 Å². The molecule has 0 amide bonds. The molecule has 0 spiro atoms. The maximum absolute atomic E-state index is 4.41. The van der Waals surface area contributed by atoms with Crippen molar-refractivity contribution in [1.82, 2.24) is 20.2 Å². The minimum atomic E-state index is 0. The molecule has 0 fully saturated rings. The molecule has 2 N–H and O–H groups in total. The average molecular weight is 397 g/mol. The smallest absolute Gasteiger partial charge is 0.191 e. The van der Waals surface area contributed by atoms with Crippen molar-refractivity contribution in [2.24, 2.45) is 4.99 Å². The Morgan fingerprint density at radius 3 is 2.86 bits per heavy atom. The summed E-state index contributed by atoms with van der Waals surface area (Å²) in [7, 11) is 0. The molecule has 0 saturated carbocycles. The van der Waals surface area contributed by atoms with Gasteiger partial charge in [0.05, 0.1) is 6.54 Å². The monoisotopic (exact) mass is 397 g/mol. The highest BCUT2D eigenvalue weighted by molar-refractivity contribution is 14.0. The Labute approximate surface area is 141 Å². The van der Waals surface area contributed by atoms with Crippen LogP contribution < -0.4 is 10.6 Å². The second-order valence-corrected chi connectivity index (χ2v) is 4.82. The fraction of sp³-hybridized carbons (Fsp3) is 0.333. The Hall–Kier alpha value is -1.57. The van der Waals surface area contributed by atoms with Crippen LogP contribution in [-0.2, 0) is 13.1 Å². The Kier molecular flexibility index (Phi) is 6.04. The number of nitrogens with zero attached hydrogens (tertiary/aromatic N) is 3. The van der Waals surface area contributed by atoms with Crippen LogP contribution in [0, 0.1) is 0 Å². The number of hydrogen-bond acceptors (Lipinski definition) is 4. The number of imidazole rings is 1. The first-order chi connectivity index (χ1) is 9.92. The van der Waals surface area contributed by atoms with Crippen molar-refractivity contribution >= 4 is 29.9 Å². The van der Waals surface area contributed by atoms with E-state index in [1.54, 1.807) is 0 Å². The van der Waals surface area contributed by atoms with E-state index < -0.39 is 0 Å². The normalized spacial score (nSPS) is 13.8. The second kappa shape index (κ2) is 8.02. The zero-order valence-corrected chi connectivity index (χ0v) is 14.2. The van der Waals surface area contributed by atoms with Crippen molar-refractivity contribution in [3.05, 3.63) is 54.1 Å². The van der Waals surface area contributed by atoms with Crippen molar-refractivity contribution < 1.29 is 0 Å². The summed E-state index contributed by atoms with van der Waals surface area (Å²) in [6.45, 7) is 3.42. The van der Waals surface area contributed by atoms with E-state index in [0.29, 0.717) is 6.54 Å². The zero-order valence-electron chi connectivity index (χ0n) is 11.8. The topological polar surface area (TPSA) is 54.2 Å². The van der Waals surface area contributed by atoms with E-state index in [0.717, 1.165) is 37.8 Å². The summed E-state index contributed by atoms with van der Waals surface area (Å²) in [6.07, 6.45) is 4.96. The molecular formula is C15H20IN5. The predicted octanol–water partition coefficient (Wildman–Crippen LogP) is 1.99.